The van der Waals surface area contributed by atoms with E-state index < -0.39 is 17.8 Å². The summed E-state index contributed by atoms with van der Waals surface area (Å²) in [5, 5.41) is 3.75. The van der Waals surface area contributed by atoms with E-state index >= 15 is 0 Å². The van der Waals surface area contributed by atoms with Gasteiger partial charge in [-0.25, -0.2) is 4.79 Å². The quantitative estimate of drug-likeness (QED) is 0.547. The molecule has 7 heteroatoms. The van der Waals surface area contributed by atoms with E-state index in [1.807, 2.05) is 59.3 Å². The molecule has 0 aliphatic carbocycles. The van der Waals surface area contributed by atoms with Gasteiger partial charge in [-0.05, 0) is 29.8 Å². The summed E-state index contributed by atoms with van der Waals surface area (Å²) in [6, 6.07) is 14.6. The van der Waals surface area contributed by atoms with Crippen molar-refractivity contribution in [3.8, 4) is 0 Å². The van der Waals surface area contributed by atoms with Crippen LogP contribution in [-0.4, -0.2) is 34.4 Å². The van der Waals surface area contributed by atoms with Crippen LogP contribution in [0.15, 0.2) is 60.3 Å². The third kappa shape index (κ3) is 3.18. The normalized spacial score (nSPS) is 16.1. The van der Waals surface area contributed by atoms with Crippen LogP contribution in [0.1, 0.15) is 11.1 Å². The maximum atomic E-state index is 12.4. The summed E-state index contributed by atoms with van der Waals surface area (Å²) in [6.07, 6.45) is 3.42. The largest absolute Gasteiger partial charge is 0.342 e. The van der Waals surface area contributed by atoms with Gasteiger partial charge in [0.2, 0.25) is 0 Å². The zero-order chi connectivity index (χ0) is 19.8. The molecule has 140 valence electrons. The third-order valence-corrected chi connectivity index (χ3v) is 4.94. The molecule has 4 amide bonds. The second-order valence-corrected chi connectivity index (χ2v) is 6.97. The fourth-order valence-corrected chi connectivity index (χ4v) is 3.33. The molecule has 1 aliphatic heterocycles. The van der Waals surface area contributed by atoms with E-state index in [4.69, 9.17) is 11.6 Å². The highest BCUT2D eigenvalue weighted by Crippen LogP contribution is 2.26. The molecule has 6 nitrogen and oxygen atoms in total. The molecule has 1 aromatic heterocycles. The first-order valence-corrected chi connectivity index (χ1v) is 8.99. The van der Waals surface area contributed by atoms with Gasteiger partial charge in [0.25, 0.3) is 11.8 Å². The van der Waals surface area contributed by atoms with E-state index in [0.29, 0.717) is 11.6 Å². The number of imide groups is 2. The Kier molecular flexibility index (Phi) is 4.49. The highest BCUT2D eigenvalue weighted by Gasteiger charge is 2.33. The molecular weight excluding hydrogens is 378 g/mol. The van der Waals surface area contributed by atoms with Crippen molar-refractivity contribution in [3.05, 3.63) is 76.5 Å². The van der Waals surface area contributed by atoms with Crippen LogP contribution in [0.4, 0.5) is 4.79 Å². The first kappa shape index (κ1) is 18.0. The van der Waals surface area contributed by atoms with Gasteiger partial charge in [-0.3, -0.25) is 19.8 Å². The summed E-state index contributed by atoms with van der Waals surface area (Å²) in [4.78, 5) is 37.0. The highest BCUT2D eigenvalue weighted by atomic mass is 35.5. The second kappa shape index (κ2) is 6.98. The minimum atomic E-state index is -0.725. The number of barbiturate groups is 1. The number of carbonyl (C=O) groups excluding carboxylic acids is 3. The fraction of sp³-hybridized carbons (Fsp3) is 0.0952. The van der Waals surface area contributed by atoms with Crippen molar-refractivity contribution >= 4 is 46.4 Å². The Morgan fingerprint density at radius 3 is 2.50 bits per heavy atom. The maximum absolute atomic E-state index is 12.4. The van der Waals surface area contributed by atoms with Gasteiger partial charge >= 0.3 is 6.03 Å². The number of hydrogen-bond donors (Lipinski definition) is 1. The van der Waals surface area contributed by atoms with E-state index in [1.165, 1.54) is 13.1 Å². The number of aromatic nitrogens is 1. The van der Waals surface area contributed by atoms with Gasteiger partial charge in [0.1, 0.15) is 5.57 Å². The number of urea groups is 1. The molecule has 1 aliphatic rings. The molecule has 0 atom stereocenters. The number of fused-ring (bicyclic) bond motifs is 1. The maximum Gasteiger partial charge on any atom is 0.331 e. The average Bonchev–Trinajstić information content (AvgIpc) is 3.03. The lowest BCUT2D eigenvalue weighted by molar-refractivity contribution is -0.129. The molecule has 28 heavy (non-hydrogen) atoms. The molecule has 1 fully saturated rings. The van der Waals surface area contributed by atoms with Crippen LogP contribution in [0, 0.1) is 0 Å². The van der Waals surface area contributed by atoms with E-state index in [0.717, 1.165) is 26.9 Å². The molecule has 0 bridgehead atoms. The molecule has 1 N–H and O–H groups in total. The van der Waals surface area contributed by atoms with Crippen LogP contribution in [0.25, 0.3) is 17.0 Å². The van der Waals surface area contributed by atoms with Crippen molar-refractivity contribution in [3.63, 3.8) is 0 Å². The minimum absolute atomic E-state index is 0.0727. The highest BCUT2D eigenvalue weighted by molar-refractivity contribution is 6.31. The summed E-state index contributed by atoms with van der Waals surface area (Å²) >= 11 is 5.96. The predicted octanol–water partition coefficient (Wildman–Crippen LogP) is 3.43. The lowest BCUT2D eigenvalue weighted by atomic mass is 10.1. The molecule has 0 unspecified atom stereocenters. The van der Waals surface area contributed by atoms with Crippen molar-refractivity contribution in [1.82, 2.24) is 14.8 Å². The Bertz CT molecular complexity index is 1150. The fourth-order valence-electron chi connectivity index (χ4n) is 3.21. The Hall–Kier alpha value is -3.38. The Morgan fingerprint density at radius 2 is 1.75 bits per heavy atom. The van der Waals surface area contributed by atoms with Crippen LogP contribution < -0.4 is 5.32 Å². The number of para-hydroxylation sites is 1. The zero-order valence-electron chi connectivity index (χ0n) is 15.0. The van der Waals surface area contributed by atoms with Crippen LogP contribution in [-0.2, 0) is 16.1 Å². The van der Waals surface area contributed by atoms with Gasteiger partial charge in [0.05, 0.1) is 0 Å². The number of nitrogens with one attached hydrogen (secondary N) is 1. The Morgan fingerprint density at radius 1 is 1.04 bits per heavy atom. The average molecular weight is 394 g/mol. The van der Waals surface area contributed by atoms with E-state index in [1.54, 1.807) is 0 Å². The molecule has 2 aromatic carbocycles. The number of amides is 4. The first-order valence-electron chi connectivity index (χ1n) is 8.61. The number of likely N-dealkylation sites (N-methyl/N-ethyl adjacent to an activating group) is 1. The standard InChI is InChI=1S/C21H16ClN3O3/c1-24-20(27)17(19(26)23-21(24)28)10-14-12-25(18-5-3-2-4-16(14)18)11-13-6-8-15(22)9-7-13/h2-10,12H,11H2,1H3,(H,23,26,28). The molecule has 2 heterocycles. The number of nitrogens with zero attached hydrogens (tertiary/aromatic N) is 2. The minimum Gasteiger partial charge on any atom is -0.342 e. The topological polar surface area (TPSA) is 71.4 Å². The smallest absolute Gasteiger partial charge is 0.331 e. The molecule has 0 spiro atoms. The second-order valence-electron chi connectivity index (χ2n) is 6.54. The van der Waals surface area contributed by atoms with E-state index in [9.17, 15) is 14.4 Å². The van der Waals surface area contributed by atoms with Gasteiger partial charge < -0.3 is 4.57 Å². The summed E-state index contributed by atoms with van der Waals surface area (Å²) in [7, 11) is 1.34. The summed E-state index contributed by atoms with van der Waals surface area (Å²) in [5.74, 6) is -1.31. The van der Waals surface area contributed by atoms with Crippen molar-refractivity contribution in [2.45, 2.75) is 6.54 Å². The summed E-state index contributed by atoms with van der Waals surface area (Å²) in [5.41, 5.74) is 2.70. The lowest BCUT2D eigenvalue weighted by Gasteiger charge is -2.22. The van der Waals surface area contributed by atoms with Crippen molar-refractivity contribution < 1.29 is 14.4 Å². The van der Waals surface area contributed by atoms with Crippen molar-refractivity contribution in [1.29, 1.82) is 0 Å². The summed E-state index contributed by atoms with van der Waals surface area (Å²) < 4.78 is 2.05. The van der Waals surface area contributed by atoms with Crippen LogP contribution in [0.2, 0.25) is 5.02 Å². The number of hydrogen-bond acceptors (Lipinski definition) is 3. The predicted molar refractivity (Wildman–Crippen MR) is 107 cm³/mol. The third-order valence-electron chi connectivity index (χ3n) is 4.69. The van der Waals surface area contributed by atoms with Gasteiger partial charge in [-0.1, -0.05) is 41.9 Å². The number of benzene rings is 2. The van der Waals surface area contributed by atoms with Crippen LogP contribution in [0.3, 0.4) is 0 Å². The van der Waals surface area contributed by atoms with Crippen LogP contribution in [0.5, 0.6) is 0 Å². The molecule has 0 saturated carbocycles. The SMILES string of the molecule is CN1C(=O)NC(=O)C(=Cc2cn(Cc3ccc(Cl)cc3)c3ccccc23)C1=O. The first-order chi connectivity index (χ1) is 13.4. The van der Waals surface area contributed by atoms with Gasteiger partial charge in [0, 0.05) is 41.3 Å². The number of carbonyl (C=O) groups is 3. The van der Waals surface area contributed by atoms with E-state index in [-0.39, 0.29) is 5.57 Å². The van der Waals surface area contributed by atoms with Gasteiger partial charge in [-0.15, -0.1) is 0 Å². The Balaban J connectivity index is 1.78. The van der Waals surface area contributed by atoms with Crippen LogP contribution >= 0.6 is 11.6 Å². The van der Waals surface area contributed by atoms with Crippen molar-refractivity contribution in [2.75, 3.05) is 7.05 Å². The molecule has 3 aromatic rings. The van der Waals surface area contributed by atoms with Gasteiger partial charge in [-0.2, -0.15) is 0 Å². The zero-order valence-corrected chi connectivity index (χ0v) is 15.7. The Labute approximate surface area is 166 Å². The molecule has 4 rings (SSSR count). The lowest BCUT2D eigenvalue weighted by Crippen LogP contribution is -2.52. The van der Waals surface area contributed by atoms with Crippen molar-refractivity contribution in [2.24, 2.45) is 0 Å². The molecule has 0 radical (unpaired) electrons. The van der Waals surface area contributed by atoms with Gasteiger partial charge in [0.15, 0.2) is 0 Å². The summed E-state index contributed by atoms with van der Waals surface area (Å²) in [6.45, 7) is 0.611. The molecular formula is C21H16ClN3O3. The molecule has 1 saturated heterocycles. The monoisotopic (exact) mass is 393 g/mol. The number of halogens is 1. The van der Waals surface area contributed by atoms with E-state index in [2.05, 4.69) is 5.32 Å². The number of rotatable bonds is 3.